The van der Waals surface area contributed by atoms with E-state index in [1.807, 2.05) is 0 Å². The molecule has 1 rings (SSSR count). The zero-order valence-electron chi connectivity index (χ0n) is 6.47. The van der Waals surface area contributed by atoms with E-state index in [-0.39, 0.29) is 0 Å². The number of halogens is 3. The van der Waals surface area contributed by atoms with Crippen molar-refractivity contribution in [3.05, 3.63) is 0 Å². The minimum absolute atomic E-state index is 0.478. The normalized spacial score (nSPS) is 24.0. The first-order valence-corrected chi connectivity index (χ1v) is 5.00. The summed E-state index contributed by atoms with van der Waals surface area (Å²) in [6.45, 7) is 0. The Kier molecular flexibility index (Phi) is 3.29. The van der Waals surface area contributed by atoms with Crippen molar-refractivity contribution in [3.8, 4) is 0 Å². The fraction of sp³-hybridized carbons (Fsp3) is 1.00. The van der Waals surface area contributed by atoms with Crippen LogP contribution < -0.4 is 0 Å². The average molecular weight is 200 g/mol. The predicted molar refractivity (Wildman–Crippen MR) is 42.1 cm³/mol. The molecule has 0 bridgehead atoms. The van der Waals surface area contributed by atoms with Gasteiger partial charge >= 0.3 is 6.18 Å². The summed E-state index contributed by atoms with van der Waals surface area (Å²) < 4.78 is 35.9. The summed E-state index contributed by atoms with van der Waals surface area (Å²) in [6.07, 6.45) is -5.60. The van der Waals surface area contributed by atoms with Crippen molar-refractivity contribution >= 4 is 11.8 Å². The second kappa shape index (κ2) is 3.87. The second-order valence-electron chi connectivity index (χ2n) is 2.94. The van der Waals surface area contributed by atoms with Crippen LogP contribution in [0.2, 0.25) is 0 Å². The Bertz CT molecular complexity index is 142. The monoisotopic (exact) mass is 200 g/mol. The number of aliphatic hydroxyl groups is 1. The summed E-state index contributed by atoms with van der Waals surface area (Å²) in [4.78, 5) is 0. The lowest BCUT2D eigenvalue weighted by molar-refractivity contribution is -0.220. The van der Waals surface area contributed by atoms with Crippen molar-refractivity contribution in [2.75, 3.05) is 11.5 Å². The lowest BCUT2D eigenvalue weighted by Crippen LogP contribution is -2.37. The molecule has 1 N–H and O–H groups in total. The molecule has 12 heavy (non-hydrogen) atoms. The maximum absolute atomic E-state index is 12.0. The molecular formula is C7H11F3OS. The van der Waals surface area contributed by atoms with Crippen LogP contribution in [0, 0.1) is 5.92 Å². The third-order valence-electron chi connectivity index (χ3n) is 2.05. The van der Waals surface area contributed by atoms with Crippen molar-refractivity contribution in [3.63, 3.8) is 0 Å². The van der Waals surface area contributed by atoms with E-state index in [2.05, 4.69) is 0 Å². The van der Waals surface area contributed by atoms with Gasteiger partial charge in [-0.3, -0.25) is 0 Å². The van der Waals surface area contributed by atoms with Crippen molar-refractivity contribution in [1.82, 2.24) is 0 Å². The zero-order valence-corrected chi connectivity index (χ0v) is 7.29. The van der Waals surface area contributed by atoms with Crippen LogP contribution in [0.5, 0.6) is 0 Å². The minimum Gasteiger partial charge on any atom is -0.383 e. The number of alkyl halides is 3. The van der Waals surface area contributed by atoms with Crippen molar-refractivity contribution in [2.45, 2.75) is 25.1 Å². The average Bonchev–Trinajstić information content (AvgIpc) is 2.03. The number of hydrogen-bond donors (Lipinski definition) is 1. The fourth-order valence-electron chi connectivity index (χ4n) is 1.30. The smallest absolute Gasteiger partial charge is 0.383 e. The third-order valence-corrected chi connectivity index (χ3v) is 3.10. The lowest BCUT2D eigenvalue weighted by atomic mass is 9.96. The van der Waals surface area contributed by atoms with Crippen LogP contribution in [0.25, 0.3) is 0 Å². The van der Waals surface area contributed by atoms with Crippen molar-refractivity contribution in [2.24, 2.45) is 5.92 Å². The van der Waals surface area contributed by atoms with Gasteiger partial charge in [0.15, 0.2) is 6.10 Å². The highest BCUT2D eigenvalue weighted by Crippen LogP contribution is 2.33. The van der Waals surface area contributed by atoms with Gasteiger partial charge in [0.2, 0.25) is 0 Å². The standard InChI is InChI=1S/C7H11F3OS/c8-7(9,10)6(11)5-1-3-12-4-2-5/h5-6,11H,1-4H2. The molecule has 0 aromatic rings. The molecule has 0 aromatic carbocycles. The van der Waals surface area contributed by atoms with Gasteiger partial charge in [-0.15, -0.1) is 0 Å². The molecule has 1 atom stereocenters. The molecule has 5 heteroatoms. The van der Waals surface area contributed by atoms with Gasteiger partial charge in [0.1, 0.15) is 0 Å². The van der Waals surface area contributed by atoms with Crippen LogP contribution in [-0.2, 0) is 0 Å². The number of hydrogen-bond acceptors (Lipinski definition) is 2. The summed E-state index contributed by atoms with van der Waals surface area (Å²) >= 11 is 1.65. The SMILES string of the molecule is OC(C1CCSCC1)C(F)(F)F. The Morgan fingerprint density at radius 1 is 1.25 bits per heavy atom. The molecule has 1 aliphatic rings. The molecule has 1 heterocycles. The summed E-state index contributed by atoms with van der Waals surface area (Å²) in [5, 5.41) is 8.88. The fourth-order valence-corrected chi connectivity index (χ4v) is 2.44. The first-order chi connectivity index (χ1) is 5.52. The van der Waals surface area contributed by atoms with Gasteiger partial charge in [-0.1, -0.05) is 0 Å². The van der Waals surface area contributed by atoms with E-state index in [1.165, 1.54) is 0 Å². The highest BCUT2D eigenvalue weighted by molar-refractivity contribution is 7.99. The van der Waals surface area contributed by atoms with Gasteiger partial charge in [-0.25, -0.2) is 0 Å². The Morgan fingerprint density at radius 3 is 2.17 bits per heavy atom. The van der Waals surface area contributed by atoms with E-state index in [1.54, 1.807) is 11.8 Å². The van der Waals surface area contributed by atoms with E-state index in [0.29, 0.717) is 12.8 Å². The van der Waals surface area contributed by atoms with Crippen LogP contribution in [0.4, 0.5) is 13.2 Å². The van der Waals surface area contributed by atoms with Gasteiger partial charge < -0.3 is 5.11 Å². The molecule has 0 aliphatic carbocycles. The third kappa shape index (κ3) is 2.55. The maximum Gasteiger partial charge on any atom is 0.414 e. The highest BCUT2D eigenvalue weighted by Gasteiger charge is 2.43. The molecule has 0 saturated carbocycles. The number of thioether (sulfide) groups is 1. The van der Waals surface area contributed by atoms with Crippen LogP contribution in [0.3, 0.4) is 0 Å². The van der Waals surface area contributed by atoms with Crippen molar-refractivity contribution in [1.29, 1.82) is 0 Å². The highest BCUT2D eigenvalue weighted by atomic mass is 32.2. The first kappa shape index (κ1) is 10.2. The van der Waals surface area contributed by atoms with Gasteiger partial charge in [0.05, 0.1) is 0 Å². The van der Waals surface area contributed by atoms with Gasteiger partial charge in [-0.05, 0) is 30.3 Å². The largest absolute Gasteiger partial charge is 0.414 e. The van der Waals surface area contributed by atoms with E-state index >= 15 is 0 Å². The number of aliphatic hydroxyl groups excluding tert-OH is 1. The Balaban J connectivity index is 2.45. The Morgan fingerprint density at radius 2 is 1.75 bits per heavy atom. The Hall–Kier alpha value is 0.100. The van der Waals surface area contributed by atoms with Crippen LogP contribution in [0.15, 0.2) is 0 Å². The molecule has 1 nitrogen and oxygen atoms in total. The topological polar surface area (TPSA) is 20.2 Å². The van der Waals surface area contributed by atoms with Crippen LogP contribution in [0.1, 0.15) is 12.8 Å². The molecule has 1 unspecified atom stereocenters. The Labute approximate surface area is 73.3 Å². The summed E-state index contributed by atoms with van der Waals surface area (Å²) in [5.74, 6) is 0.890. The lowest BCUT2D eigenvalue weighted by Gasteiger charge is -2.27. The first-order valence-electron chi connectivity index (χ1n) is 3.84. The zero-order chi connectivity index (χ0) is 9.19. The van der Waals surface area contributed by atoms with Crippen LogP contribution in [-0.4, -0.2) is 28.9 Å². The molecular weight excluding hydrogens is 189 g/mol. The summed E-state index contributed by atoms with van der Waals surface area (Å²) in [7, 11) is 0. The molecule has 1 fully saturated rings. The molecule has 0 aromatic heterocycles. The summed E-state index contributed by atoms with van der Waals surface area (Å²) in [5.41, 5.74) is 0. The van der Waals surface area contributed by atoms with Gasteiger partial charge in [0, 0.05) is 0 Å². The molecule has 0 radical (unpaired) electrons. The predicted octanol–water partition coefficient (Wildman–Crippen LogP) is 2.05. The maximum atomic E-state index is 12.0. The van der Waals surface area contributed by atoms with E-state index in [4.69, 9.17) is 5.11 Å². The van der Waals surface area contributed by atoms with E-state index < -0.39 is 18.2 Å². The van der Waals surface area contributed by atoms with Crippen LogP contribution >= 0.6 is 11.8 Å². The quantitative estimate of drug-likeness (QED) is 0.699. The number of rotatable bonds is 1. The van der Waals surface area contributed by atoms with E-state index in [0.717, 1.165) is 11.5 Å². The minimum atomic E-state index is -4.44. The van der Waals surface area contributed by atoms with E-state index in [9.17, 15) is 13.2 Å². The van der Waals surface area contributed by atoms with Gasteiger partial charge in [0.25, 0.3) is 0 Å². The summed E-state index contributed by atoms with van der Waals surface area (Å²) in [6, 6.07) is 0. The molecule has 1 aliphatic heterocycles. The molecule has 1 saturated heterocycles. The molecule has 0 spiro atoms. The molecule has 72 valence electrons. The second-order valence-corrected chi connectivity index (χ2v) is 4.16. The van der Waals surface area contributed by atoms with Crippen molar-refractivity contribution < 1.29 is 18.3 Å². The molecule has 0 amide bonds. The van der Waals surface area contributed by atoms with Gasteiger partial charge in [-0.2, -0.15) is 24.9 Å².